The van der Waals surface area contributed by atoms with Crippen molar-refractivity contribution in [1.29, 1.82) is 0 Å². The van der Waals surface area contributed by atoms with Gasteiger partial charge in [0.25, 0.3) is 0 Å². The number of thiophene rings is 1. The number of rotatable bonds is 6. The van der Waals surface area contributed by atoms with Gasteiger partial charge in [0, 0.05) is 39.3 Å². The number of nitrogens with zero attached hydrogens (tertiary/aromatic N) is 2. The Hall–Kier alpha value is -0.910. The summed E-state index contributed by atoms with van der Waals surface area (Å²) in [5.74, 6) is 0.255. The summed E-state index contributed by atoms with van der Waals surface area (Å²) in [6, 6.07) is 2.18. The molecule has 2 N–H and O–H groups in total. The molecule has 2 heterocycles. The maximum atomic E-state index is 12.8. The lowest BCUT2D eigenvalue weighted by atomic mass is 9.81. The Bertz CT molecular complexity index is 426. The Kier molecular flexibility index (Phi) is 5.79. The number of piperazine rings is 1. The number of carbonyl (C=O) groups excluding carboxylic acids is 1. The molecule has 0 spiro atoms. The van der Waals surface area contributed by atoms with E-state index in [9.17, 15) is 4.79 Å². The van der Waals surface area contributed by atoms with Gasteiger partial charge in [0.1, 0.15) is 0 Å². The number of carbonyl (C=O) groups is 1. The zero-order valence-corrected chi connectivity index (χ0v) is 14.0. The number of hydrogen-bond donors (Lipinski definition) is 1. The van der Waals surface area contributed by atoms with Crippen LogP contribution in [0.15, 0.2) is 16.8 Å². The van der Waals surface area contributed by atoms with Crippen LogP contribution in [0.4, 0.5) is 0 Å². The van der Waals surface area contributed by atoms with E-state index in [1.807, 2.05) is 4.90 Å². The van der Waals surface area contributed by atoms with E-state index in [1.54, 1.807) is 11.3 Å². The Labute approximate surface area is 131 Å². The second kappa shape index (κ2) is 7.38. The molecule has 0 atom stereocenters. The van der Waals surface area contributed by atoms with Crippen molar-refractivity contribution < 1.29 is 4.79 Å². The van der Waals surface area contributed by atoms with Crippen LogP contribution in [0.3, 0.4) is 0 Å². The molecule has 4 nitrogen and oxygen atoms in total. The first kappa shape index (κ1) is 16.5. The maximum Gasteiger partial charge on any atom is 0.230 e. The van der Waals surface area contributed by atoms with E-state index in [1.165, 1.54) is 5.56 Å². The van der Waals surface area contributed by atoms with Gasteiger partial charge in [-0.2, -0.15) is 11.3 Å². The van der Waals surface area contributed by atoms with Crippen molar-refractivity contribution >= 4 is 17.2 Å². The third-order valence-electron chi connectivity index (χ3n) is 4.84. The van der Waals surface area contributed by atoms with Crippen LogP contribution in [0.5, 0.6) is 0 Å². The van der Waals surface area contributed by atoms with Gasteiger partial charge in [-0.25, -0.2) is 0 Å². The molecule has 118 valence electrons. The summed E-state index contributed by atoms with van der Waals surface area (Å²) < 4.78 is 0. The topological polar surface area (TPSA) is 49.6 Å². The van der Waals surface area contributed by atoms with Crippen molar-refractivity contribution in [2.24, 2.45) is 11.1 Å². The minimum Gasteiger partial charge on any atom is -0.340 e. The minimum absolute atomic E-state index is 0.255. The average molecular weight is 309 g/mol. The minimum atomic E-state index is -0.352. The lowest BCUT2D eigenvalue weighted by molar-refractivity contribution is -0.144. The number of nitrogens with two attached hydrogens (primary N) is 1. The normalized spacial score (nSPS) is 17.2. The van der Waals surface area contributed by atoms with Gasteiger partial charge in [-0.1, -0.05) is 13.8 Å². The highest BCUT2D eigenvalue weighted by Gasteiger charge is 2.37. The Morgan fingerprint density at radius 2 is 1.95 bits per heavy atom. The first-order chi connectivity index (χ1) is 10.1. The Balaban J connectivity index is 1.89. The van der Waals surface area contributed by atoms with E-state index in [2.05, 4.69) is 35.6 Å². The van der Waals surface area contributed by atoms with Crippen LogP contribution in [-0.4, -0.2) is 48.4 Å². The molecule has 0 radical (unpaired) electrons. The van der Waals surface area contributed by atoms with Crippen LogP contribution >= 0.6 is 11.3 Å². The van der Waals surface area contributed by atoms with Crippen molar-refractivity contribution in [3.8, 4) is 0 Å². The second-order valence-electron chi connectivity index (χ2n) is 5.89. The van der Waals surface area contributed by atoms with Crippen molar-refractivity contribution in [3.63, 3.8) is 0 Å². The molecule has 1 fully saturated rings. The van der Waals surface area contributed by atoms with Crippen LogP contribution in [0.1, 0.15) is 32.3 Å². The van der Waals surface area contributed by atoms with Gasteiger partial charge in [-0.3, -0.25) is 9.69 Å². The molecule has 0 aromatic carbocycles. The second-order valence-corrected chi connectivity index (χ2v) is 6.67. The van der Waals surface area contributed by atoms with E-state index >= 15 is 0 Å². The zero-order chi connectivity index (χ0) is 15.3. The summed E-state index contributed by atoms with van der Waals surface area (Å²) in [7, 11) is 0. The predicted molar refractivity (Wildman–Crippen MR) is 88.2 cm³/mol. The number of amides is 1. The van der Waals surface area contributed by atoms with E-state index in [-0.39, 0.29) is 11.3 Å². The first-order valence-corrected chi connectivity index (χ1v) is 8.82. The molecule has 1 saturated heterocycles. The van der Waals surface area contributed by atoms with Crippen molar-refractivity contribution in [3.05, 3.63) is 22.4 Å². The van der Waals surface area contributed by atoms with Crippen molar-refractivity contribution in [1.82, 2.24) is 9.80 Å². The Morgan fingerprint density at radius 1 is 1.29 bits per heavy atom. The fourth-order valence-corrected chi connectivity index (χ4v) is 3.67. The molecule has 5 heteroatoms. The third kappa shape index (κ3) is 3.65. The summed E-state index contributed by atoms with van der Waals surface area (Å²) in [6.07, 6.45) is 1.65. The van der Waals surface area contributed by atoms with Gasteiger partial charge in [-0.05, 0) is 35.2 Å². The van der Waals surface area contributed by atoms with Crippen LogP contribution in [0.25, 0.3) is 0 Å². The molecule has 0 saturated carbocycles. The predicted octanol–water partition coefficient (Wildman–Crippen LogP) is 2.16. The molecule has 1 amide bonds. The van der Waals surface area contributed by atoms with Gasteiger partial charge in [0.15, 0.2) is 0 Å². The van der Waals surface area contributed by atoms with Gasteiger partial charge < -0.3 is 10.6 Å². The molecule has 1 aliphatic heterocycles. The van der Waals surface area contributed by atoms with Gasteiger partial charge in [-0.15, -0.1) is 0 Å². The largest absolute Gasteiger partial charge is 0.340 e. The fourth-order valence-electron chi connectivity index (χ4n) is 3.01. The summed E-state index contributed by atoms with van der Waals surface area (Å²) in [5, 5.41) is 4.32. The molecule has 1 aromatic rings. The smallest absolute Gasteiger partial charge is 0.230 e. The molecular weight excluding hydrogens is 282 g/mol. The standard InChI is InChI=1S/C16H27N3OS/c1-3-16(4-2,13-17)15(20)19-8-6-18(7-9-19)11-14-5-10-21-12-14/h5,10,12H,3-4,6-9,11,13,17H2,1-2H3. The van der Waals surface area contributed by atoms with Crippen LogP contribution in [0, 0.1) is 5.41 Å². The highest BCUT2D eigenvalue weighted by atomic mass is 32.1. The van der Waals surface area contributed by atoms with Crippen LogP contribution in [-0.2, 0) is 11.3 Å². The lowest BCUT2D eigenvalue weighted by Crippen LogP contribution is -2.54. The molecular formula is C16H27N3OS. The van der Waals surface area contributed by atoms with Crippen molar-refractivity contribution in [2.45, 2.75) is 33.2 Å². The quantitative estimate of drug-likeness (QED) is 0.876. The van der Waals surface area contributed by atoms with Gasteiger partial charge in [0.05, 0.1) is 5.41 Å². The van der Waals surface area contributed by atoms with Crippen molar-refractivity contribution in [2.75, 3.05) is 32.7 Å². The lowest BCUT2D eigenvalue weighted by Gasteiger charge is -2.40. The van der Waals surface area contributed by atoms with Crippen LogP contribution in [0.2, 0.25) is 0 Å². The third-order valence-corrected chi connectivity index (χ3v) is 5.58. The molecule has 0 unspecified atom stereocenters. The first-order valence-electron chi connectivity index (χ1n) is 7.88. The molecule has 1 aromatic heterocycles. The summed E-state index contributed by atoms with van der Waals surface area (Å²) in [6.45, 7) is 9.14. The highest BCUT2D eigenvalue weighted by Crippen LogP contribution is 2.28. The maximum absolute atomic E-state index is 12.8. The molecule has 2 rings (SSSR count). The SMILES string of the molecule is CCC(CC)(CN)C(=O)N1CCN(Cc2ccsc2)CC1. The van der Waals surface area contributed by atoms with Gasteiger partial charge >= 0.3 is 0 Å². The fraction of sp³-hybridized carbons (Fsp3) is 0.688. The zero-order valence-electron chi connectivity index (χ0n) is 13.2. The average Bonchev–Trinajstić information content (AvgIpc) is 3.03. The summed E-state index contributed by atoms with van der Waals surface area (Å²) >= 11 is 1.74. The molecule has 1 aliphatic rings. The monoisotopic (exact) mass is 309 g/mol. The highest BCUT2D eigenvalue weighted by molar-refractivity contribution is 7.07. The van der Waals surface area contributed by atoms with E-state index in [0.29, 0.717) is 6.54 Å². The van der Waals surface area contributed by atoms with Gasteiger partial charge in [0.2, 0.25) is 5.91 Å². The van der Waals surface area contributed by atoms with Crippen LogP contribution < -0.4 is 5.73 Å². The Morgan fingerprint density at radius 3 is 2.43 bits per heavy atom. The molecule has 0 aliphatic carbocycles. The molecule has 21 heavy (non-hydrogen) atoms. The number of hydrogen-bond acceptors (Lipinski definition) is 4. The van der Waals surface area contributed by atoms with E-state index < -0.39 is 0 Å². The molecule has 0 bridgehead atoms. The van der Waals surface area contributed by atoms with E-state index in [4.69, 9.17) is 5.73 Å². The summed E-state index contributed by atoms with van der Waals surface area (Å²) in [5.41, 5.74) is 6.92. The summed E-state index contributed by atoms with van der Waals surface area (Å²) in [4.78, 5) is 17.2. The van der Waals surface area contributed by atoms with E-state index in [0.717, 1.165) is 45.6 Å².